The van der Waals surface area contributed by atoms with E-state index in [0.717, 1.165) is 18.7 Å². The van der Waals surface area contributed by atoms with Gasteiger partial charge in [-0.05, 0) is 6.42 Å². The molecule has 0 saturated carbocycles. The molecule has 10 heavy (non-hydrogen) atoms. The Kier molecular flexibility index (Phi) is 14.4. The van der Waals surface area contributed by atoms with Crippen molar-refractivity contribution in [2.75, 3.05) is 5.88 Å². The quantitative estimate of drug-likeness (QED) is 0.655. The first-order valence-corrected chi connectivity index (χ1v) is 4.00. The number of alkyl halides is 1. The van der Waals surface area contributed by atoms with Gasteiger partial charge in [0.15, 0.2) is 0 Å². The first kappa shape index (κ1) is 12.4. The van der Waals surface area contributed by atoms with Crippen LogP contribution in [-0.2, 0) is 4.79 Å². The molecule has 0 unspecified atom stereocenters. The molecule has 0 rings (SSSR count). The van der Waals surface area contributed by atoms with Gasteiger partial charge in [0.25, 0.3) is 0 Å². The zero-order valence-corrected chi connectivity index (χ0v) is 7.32. The lowest BCUT2D eigenvalue weighted by Gasteiger charge is -1.85. The molecule has 0 aliphatic heterocycles. The minimum absolute atomic E-state index is 0.316. The molecule has 0 aromatic heterocycles. The topological polar surface area (TPSA) is 37.3 Å². The fraction of sp³-hybridized carbons (Fsp3) is 0.857. The van der Waals surface area contributed by atoms with Crippen LogP contribution in [0.25, 0.3) is 0 Å². The van der Waals surface area contributed by atoms with E-state index in [0.29, 0.717) is 6.42 Å². The Morgan fingerprint density at radius 1 is 1.50 bits per heavy atom. The smallest absolute Gasteiger partial charge is 0.303 e. The number of carboxylic acids is 1. The number of hydrogen-bond acceptors (Lipinski definition) is 1. The predicted octanol–water partition coefficient (Wildman–Crippen LogP) is 2.51. The van der Waals surface area contributed by atoms with Gasteiger partial charge in [-0.1, -0.05) is 20.3 Å². The molecule has 2 nitrogen and oxygen atoms in total. The average molecular weight is 167 g/mol. The van der Waals surface area contributed by atoms with Crippen molar-refractivity contribution in [1.29, 1.82) is 0 Å². The molecule has 0 aliphatic carbocycles. The summed E-state index contributed by atoms with van der Waals surface area (Å²) in [5, 5.41) is 8.04. The van der Waals surface area contributed by atoms with E-state index in [1.54, 1.807) is 0 Å². The molecule has 0 fully saturated rings. The maximum Gasteiger partial charge on any atom is 0.303 e. The monoisotopic (exact) mass is 166 g/mol. The lowest BCUT2D eigenvalue weighted by atomic mass is 10.3. The fourth-order valence-electron chi connectivity index (χ4n) is 0.328. The van der Waals surface area contributed by atoms with Crippen molar-refractivity contribution in [1.82, 2.24) is 0 Å². The predicted molar refractivity (Wildman–Crippen MR) is 43.6 cm³/mol. The molecule has 0 bridgehead atoms. The van der Waals surface area contributed by atoms with Crippen LogP contribution in [0.1, 0.15) is 33.1 Å². The molecular formula is C7H15ClO2. The van der Waals surface area contributed by atoms with E-state index in [9.17, 15) is 4.79 Å². The van der Waals surface area contributed by atoms with Crippen LogP contribution in [0.3, 0.4) is 0 Å². The highest BCUT2D eigenvalue weighted by molar-refractivity contribution is 6.17. The summed E-state index contributed by atoms with van der Waals surface area (Å²) in [6, 6.07) is 0. The molecule has 0 aromatic carbocycles. The molecule has 0 radical (unpaired) electrons. The van der Waals surface area contributed by atoms with Gasteiger partial charge in [-0.25, -0.2) is 0 Å². The third-order valence-corrected chi connectivity index (χ3v) is 0.744. The number of carboxylic acid groups (broad SMARTS) is 1. The first-order chi connectivity index (χ1) is 4.68. The SMILES string of the molecule is CCCCC(=O)O.CCCl. The molecule has 0 saturated heterocycles. The Labute approximate surface area is 67.2 Å². The summed E-state index contributed by atoms with van der Waals surface area (Å²) in [6.45, 7) is 3.87. The van der Waals surface area contributed by atoms with Crippen LogP contribution in [0.5, 0.6) is 0 Å². The molecule has 0 atom stereocenters. The minimum Gasteiger partial charge on any atom is -0.481 e. The van der Waals surface area contributed by atoms with Gasteiger partial charge < -0.3 is 5.11 Å². The van der Waals surface area contributed by atoms with Crippen LogP contribution >= 0.6 is 11.6 Å². The van der Waals surface area contributed by atoms with Crippen LogP contribution in [0, 0.1) is 0 Å². The molecule has 0 heterocycles. The van der Waals surface area contributed by atoms with Crippen molar-refractivity contribution < 1.29 is 9.90 Å². The molecule has 0 spiro atoms. The van der Waals surface area contributed by atoms with E-state index in [4.69, 9.17) is 16.7 Å². The molecular weight excluding hydrogens is 152 g/mol. The number of rotatable bonds is 3. The second-order valence-corrected chi connectivity index (χ2v) is 2.30. The van der Waals surface area contributed by atoms with E-state index < -0.39 is 5.97 Å². The zero-order chi connectivity index (χ0) is 8.41. The van der Waals surface area contributed by atoms with Gasteiger partial charge in [0.1, 0.15) is 0 Å². The van der Waals surface area contributed by atoms with Gasteiger partial charge in [0.2, 0.25) is 0 Å². The summed E-state index contributed by atoms with van der Waals surface area (Å²) in [7, 11) is 0. The first-order valence-electron chi connectivity index (χ1n) is 3.46. The highest BCUT2D eigenvalue weighted by Gasteiger charge is 1.90. The van der Waals surface area contributed by atoms with Gasteiger partial charge in [-0.3, -0.25) is 4.79 Å². The summed E-state index contributed by atoms with van der Waals surface area (Å²) >= 11 is 5.00. The summed E-state index contributed by atoms with van der Waals surface area (Å²) in [4.78, 5) is 9.76. The van der Waals surface area contributed by atoms with Gasteiger partial charge in [-0.15, -0.1) is 11.6 Å². The summed E-state index contributed by atoms with van der Waals surface area (Å²) in [5.74, 6) is 0.0295. The number of halogens is 1. The summed E-state index contributed by atoms with van der Waals surface area (Å²) < 4.78 is 0. The van der Waals surface area contributed by atoms with E-state index >= 15 is 0 Å². The maximum atomic E-state index is 9.76. The second-order valence-electron chi connectivity index (χ2n) is 1.76. The lowest BCUT2D eigenvalue weighted by molar-refractivity contribution is -0.137. The molecule has 62 valence electrons. The van der Waals surface area contributed by atoms with Crippen LogP contribution < -0.4 is 0 Å². The highest BCUT2D eigenvalue weighted by Crippen LogP contribution is 1.91. The normalized spacial score (nSPS) is 7.90. The largest absolute Gasteiger partial charge is 0.481 e. The third kappa shape index (κ3) is 25.1. The van der Waals surface area contributed by atoms with E-state index in [2.05, 4.69) is 0 Å². The van der Waals surface area contributed by atoms with Crippen LogP contribution in [0.4, 0.5) is 0 Å². The average Bonchev–Trinajstić information content (AvgIpc) is 1.85. The number of carbonyl (C=O) groups is 1. The summed E-state index contributed by atoms with van der Waals surface area (Å²) in [5.41, 5.74) is 0. The number of aliphatic carboxylic acids is 1. The Morgan fingerprint density at radius 3 is 2.00 bits per heavy atom. The molecule has 0 amide bonds. The van der Waals surface area contributed by atoms with Crippen molar-refractivity contribution in [3.8, 4) is 0 Å². The molecule has 0 aromatic rings. The van der Waals surface area contributed by atoms with Crippen molar-refractivity contribution in [2.45, 2.75) is 33.1 Å². The maximum absolute atomic E-state index is 9.76. The van der Waals surface area contributed by atoms with Crippen LogP contribution in [0.2, 0.25) is 0 Å². The Morgan fingerprint density at radius 2 is 1.90 bits per heavy atom. The van der Waals surface area contributed by atoms with E-state index in [1.807, 2.05) is 13.8 Å². The van der Waals surface area contributed by atoms with E-state index in [1.165, 1.54) is 0 Å². The van der Waals surface area contributed by atoms with Gasteiger partial charge in [-0.2, -0.15) is 0 Å². The van der Waals surface area contributed by atoms with Crippen molar-refractivity contribution in [3.05, 3.63) is 0 Å². The molecule has 1 N–H and O–H groups in total. The second kappa shape index (κ2) is 11.5. The Hall–Kier alpha value is -0.240. The zero-order valence-electron chi connectivity index (χ0n) is 6.56. The standard InChI is InChI=1S/C5H10O2.C2H5Cl/c1-2-3-4-5(6)7;1-2-3/h2-4H2,1H3,(H,6,7);2H2,1H3. The molecule has 0 aliphatic rings. The van der Waals surface area contributed by atoms with Gasteiger partial charge >= 0.3 is 5.97 Å². The minimum atomic E-state index is -0.693. The van der Waals surface area contributed by atoms with Crippen molar-refractivity contribution in [2.24, 2.45) is 0 Å². The lowest BCUT2D eigenvalue weighted by Crippen LogP contribution is -1.91. The number of hydrogen-bond donors (Lipinski definition) is 1. The Bertz CT molecular complexity index is 74.0. The van der Waals surface area contributed by atoms with Gasteiger partial charge in [0.05, 0.1) is 0 Å². The summed E-state index contributed by atoms with van der Waals surface area (Å²) in [6.07, 6.45) is 2.08. The molecule has 3 heteroatoms. The Balaban J connectivity index is 0. The fourth-order valence-corrected chi connectivity index (χ4v) is 0.328. The van der Waals surface area contributed by atoms with E-state index in [-0.39, 0.29) is 0 Å². The van der Waals surface area contributed by atoms with Gasteiger partial charge in [0, 0.05) is 12.3 Å². The van der Waals surface area contributed by atoms with Crippen LogP contribution in [-0.4, -0.2) is 17.0 Å². The highest BCUT2D eigenvalue weighted by atomic mass is 35.5. The third-order valence-electron chi connectivity index (χ3n) is 0.744. The van der Waals surface area contributed by atoms with Crippen LogP contribution in [0.15, 0.2) is 0 Å². The van der Waals surface area contributed by atoms with Crippen molar-refractivity contribution in [3.63, 3.8) is 0 Å². The number of unbranched alkanes of at least 4 members (excludes halogenated alkanes) is 1. The van der Waals surface area contributed by atoms with Crippen molar-refractivity contribution >= 4 is 17.6 Å².